The minimum absolute atomic E-state index is 0.00933. The van der Waals surface area contributed by atoms with Crippen LogP contribution < -0.4 is 5.32 Å². The van der Waals surface area contributed by atoms with Crippen molar-refractivity contribution in [2.24, 2.45) is 11.8 Å². The van der Waals surface area contributed by atoms with E-state index in [0.717, 1.165) is 5.92 Å². The molecule has 94 valence electrons. The smallest absolute Gasteiger partial charge is 0.146 e. The molecule has 1 aliphatic rings. The van der Waals surface area contributed by atoms with E-state index in [0.29, 0.717) is 5.92 Å². The normalized spacial score (nSPS) is 19.6. The highest BCUT2D eigenvalue weighted by Gasteiger charge is 2.31. The molecule has 0 amide bonds. The van der Waals surface area contributed by atoms with Crippen molar-refractivity contribution in [3.8, 4) is 0 Å². The summed E-state index contributed by atoms with van der Waals surface area (Å²) >= 11 is 0. The average Bonchev–Trinajstić information content (AvgIpc) is 2.07. The third kappa shape index (κ3) is 3.89. The first-order chi connectivity index (χ1) is 7.32. The molecule has 1 unspecified atom stereocenters. The van der Waals surface area contributed by atoms with Gasteiger partial charge in [-0.1, -0.05) is 33.1 Å². The van der Waals surface area contributed by atoms with Crippen LogP contribution in [-0.4, -0.2) is 17.4 Å². The van der Waals surface area contributed by atoms with Gasteiger partial charge in [0.25, 0.3) is 0 Å². The van der Waals surface area contributed by atoms with Crippen LogP contribution in [0.3, 0.4) is 0 Å². The molecule has 1 saturated carbocycles. The van der Waals surface area contributed by atoms with E-state index in [-0.39, 0.29) is 17.4 Å². The fourth-order valence-corrected chi connectivity index (χ4v) is 2.64. The van der Waals surface area contributed by atoms with Crippen molar-refractivity contribution in [1.29, 1.82) is 0 Å². The number of nitrogens with one attached hydrogen (secondary N) is 1. The summed E-state index contributed by atoms with van der Waals surface area (Å²) in [6, 6.07) is 0.00933. The maximum atomic E-state index is 11.6. The third-order valence-electron chi connectivity index (χ3n) is 3.67. The summed E-state index contributed by atoms with van der Waals surface area (Å²) in [5, 5.41) is 3.54. The molecule has 1 N–H and O–H groups in total. The number of rotatable bonds is 6. The summed E-state index contributed by atoms with van der Waals surface area (Å²) in [5.41, 5.74) is 0.0890. The Balaban J connectivity index is 2.50. The maximum Gasteiger partial charge on any atom is 0.146 e. The third-order valence-corrected chi connectivity index (χ3v) is 3.67. The highest BCUT2D eigenvalue weighted by molar-refractivity contribution is 5.81. The number of ketones is 1. The van der Waals surface area contributed by atoms with Gasteiger partial charge in [-0.3, -0.25) is 4.79 Å². The van der Waals surface area contributed by atoms with Crippen LogP contribution in [0, 0.1) is 11.8 Å². The maximum absolute atomic E-state index is 11.6. The molecule has 1 aliphatic carbocycles. The van der Waals surface area contributed by atoms with Gasteiger partial charge in [0.2, 0.25) is 0 Å². The van der Waals surface area contributed by atoms with Crippen LogP contribution in [0.15, 0.2) is 0 Å². The molecule has 0 bridgehead atoms. The summed E-state index contributed by atoms with van der Waals surface area (Å²) in [5.74, 6) is 1.51. The molecular weight excluding hydrogens is 198 g/mol. The van der Waals surface area contributed by atoms with Gasteiger partial charge in [-0.15, -0.1) is 0 Å². The number of hydrogen-bond donors (Lipinski definition) is 1. The van der Waals surface area contributed by atoms with Gasteiger partial charge in [-0.2, -0.15) is 0 Å². The minimum Gasteiger partial charge on any atom is -0.302 e. The van der Waals surface area contributed by atoms with Crippen LogP contribution in [0.4, 0.5) is 0 Å². The van der Waals surface area contributed by atoms with E-state index in [2.05, 4.69) is 33.0 Å². The van der Waals surface area contributed by atoms with Gasteiger partial charge in [0.05, 0.1) is 6.04 Å². The van der Waals surface area contributed by atoms with Crippen LogP contribution in [0.5, 0.6) is 0 Å². The SMILES string of the molecule is CC(=O)C(NC(C)(C)CC1CCC1)C(C)C. The molecule has 16 heavy (non-hydrogen) atoms. The predicted molar refractivity (Wildman–Crippen MR) is 68.5 cm³/mol. The first-order valence-corrected chi connectivity index (χ1v) is 6.60. The Morgan fingerprint density at radius 2 is 1.94 bits per heavy atom. The Bertz CT molecular complexity index is 241. The molecule has 0 saturated heterocycles. The van der Waals surface area contributed by atoms with Crippen molar-refractivity contribution < 1.29 is 4.79 Å². The second-order valence-corrected chi connectivity index (χ2v) is 6.36. The number of carbonyl (C=O) groups excluding carboxylic acids is 1. The molecule has 1 rings (SSSR count). The Labute approximate surface area is 100 Å². The molecule has 0 heterocycles. The second-order valence-electron chi connectivity index (χ2n) is 6.36. The Morgan fingerprint density at radius 3 is 2.25 bits per heavy atom. The summed E-state index contributed by atoms with van der Waals surface area (Å²) in [7, 11) is 0. The van der Waals surface area contributed by atoms with E-state index in [1.807, 2.05) is 0 Å². The largest absolute Gasteiger partial charge is 0.302 e. The molecule has 0 aliphatic heterocycles. The summed E-state index contributed by atoms with van der Waals surface area (Å²) < 4.78 is 0. The van der Waals surface area contributed by atoms with Crippen LogP contribution >= 0.6 is 0 Å². The molecule has 2 heteroatoms. The summed E-state index contributed by atoms with van der Waals surface area (Å²) in [4.78, 5) is 11.6. The Morgan fingerprint density at radius 1 is 1.38 bits per heavy atom. The van der Waals surface area contributed by atoms with Crippen molar-refractivity contribution in [3.63, 3.8) is 0 Å². The molecular formula is C14H27NO. The second kappa shape index (κ2) is 5.31. The standard InChI is InChI=1S/C14H27NO/c1-10(2)13(11(3)16)15-14(4,5)9-12-7-6-8-12/h10,12-13,15H,6-9H2,1-5H3. The van der Waals surface area contributed by atoms with Gasteiger partial charge in [0.15, 0.2) is 0 Å². The lowest BCUT2D eigenvalue weighted by Crippen LogP contribution is -2.52. The highest BCUT2D eigenvalue weighted by atomic mass is 16.1. The van der Waals surface area contributed by atoms with Crippen molar-refractivity contribution in [1.82, 2.24) is 5.32 Å². The van der Waals surface area contributed by atoms with E-state index in [1.54, 1.807) is 6.92 Å². The van der Waals surface area contributed by atoms with Crippen molar-refractivity contribution >= 4 is 5.78 Å². The molecule has 0 spiro atoms. The van der Waals surface area contributed by atoms with Gasteiger partial charge >= 0.3 is 0 Å². The van der Waals surface area contributed by atoms with Gasteiger partial charge in [-0.25, -0.2) is 0 Å². The Hall–Kier alpha value is -0.370. The van der Waals surface area contributed by atoms with Gasteiger partial charge in [0, 0.05) is 5.54 Å². The van der Waals surface area contributed by atoms with E-state index >= 15 is 0 Å². The first kappa shape index (κ1) is 13.7. The van der Waals surface area contributed by atoms with E-state index in [9.17, 15) is 4.79 Å². The molecule has 1 fully saturated rings. The minimum atomic E-state index is 0.00933. The van der Waals surface area contributed by atoms with E-state index < -0.39 is 0 Å². The number of carbonyl (C=O) groups is 1. The molecule has 0 aromatic rings. The Kier molecular flexibility index (Phi) is 4.54. The zero-order chi connectivity index (χ0) is 12.3. The number of hydrogen-bond acceptors (Lipinski definition) is 2. The van der Waals surface area contributed by atoms with Gasteiger partial charge in [-0.05, 0) is 39.0 Å². The van der Waals surface area contributed by atoms with Gasteiger partial charge in [0.1, 0.15) is 5.78 Å². The molecule has 0 radical (unpaired) electrons. The van der Waals surface area contributed by atoms with Crippen molar-refractivity contribution in [2.45, 2.75) is 71.9 Å². The molecule has 0 aromatic carbocycles. The van der Waals surface area contributed by atoms with Gasteiger partial charge < -0.3 is 5.32 Å². The fraction of sp³-hybridized carbons (Fsp3) is 0.929. The van der Waals surface area contributed by atoms with Crippen LogP contribution in [0.2, 0.25) is 0 Å². The van der Waals surface area contributed by atoms with Crippen molar-refractivity contribution in [2.75, 3.05) is 0 Å². The predicted octanol–water partition coefficient (Wildman–Crippen LogP) is 3.16. The lowest BCUT2D eigenvalue weighted by atomic mass is 9.76. The number of Topliss-reactive ketones (excluding diaryl/α,β-unsaturated/α-hetero) is 1. The molecule has 1 atom stereocenters. The quantitative estimate of drug-likeness (QED) is 0.752. The highest BCUT2D eigenvalue weighted by Crippen LogP contribution is 2.33. The topological polar surface area (TPSA) is 29.1 Å². The summed E-state index contributed by atoms with van der Waals surface area (Å²) in [6.45, 7) is 10.4. The van der Waals surface area contributed by atoms with Crippen molar-refractivity contribution in [3.05, 3.63) is 0 Å². The lowest BCUT2D eigenvalue weighted by Gasteiger charge is -2.38. The van der Waals surface area contributed by atoms with E-state index in [4.69, 9.17) is 0 Å². The average molecular weight is 225 g/mol. The molecule has 0 aromatic heterocycles. The van der Waals surface area contributed by atoms with Crippen LogP contribution in [0.25, 0.3) is 0 Å². The fourth-order valence-electron chi connectivity index (χ4n) is 2.64. The van der Waals surface area contributed by atoms with Crippen LogP contribution in [0.1, 0.15) is 60.3 Å². The van der Waals surface area contributed by atoms with E-state index in [1.165, 1.54) is 25.7 Å². The van der Waals surface area contributed by atoms with Crippen LogP contribution in [-0.2, 0) is 4.79 Å². The monoisotopic (exact) mass is 225 g/mol. The first-order valence-electron chi connectivity index (χ1n) is 6.60. The zero-order valence-corrected chi connectivity index (χ0v) is 11.5. The summed E-state index contributed by atoms with van der Waals surface area (Å²) in [6.07, 6.45) is 5.33. The molecule has 2 nitrogen and oxygen atoms in total. The zero-order valence-electron chi connectivity index (χ0n) is 11.5. The lowest BCUT2D eigenvalue weighted by molar-refractivity contribution is -0.120.